The van der Waals surface area contributed by atoms with Crippen LogP contribution < -0.4 is 10.2 Å². The van der Waals surface area contributed by atoms with Crippen molar-refractivity contribution in [1.29, 1.82) is 0 Å². The highest BCUT2D eigenvalue weighted by Crippen LogP contribution is 2.23. The first-order valence-electron chi connectivity index (χ1n) is 6.54. The van der Waals surface area contributed by atoms with Crippen molar-refractivity contribution in [2.75, 3.05) is 31.1 Å². The van der Waals surface area contributed by atoms with Gasteiger partial charge in [-0.15, -0.1) is 6.58 Å². The van der Waals surface area contributed by atoms with Gasteiger partial charge in [0.05, 0.1) is 11.6 Å². The standard InChI is InChI=1S/C14H22ClN3O/c1-3-5-16-10-12-9-13(15)14(17-11-12)18(6-4-2)7-8-19/h4,9,11,16,19H,2-3,5-8,10H2,1H3. The molecule has 0 atom stereocenters. The number of halogens is 1. The van der Waals surface area contributed by atoms with E-state index in [0.29, 0.717) is 23.9 Å². The third-order valence-electron chi connectivity index (χ3n) is 2.65. The van der Waals surface area contributed by atoms with Gasteiger partial charge in [0.25, 0.3) is 0 Å². The lowest BCUT2D eigenvalue weighted by atomic mass is 10.2. The minimum atomic E-state index is 0.0612. The maximum Gasteiger partial charge on any atom is 0.147 e. The van der Waals surface area contributed by atoms with E-state index in [1.54, 1.807) is 6.08 Å². The second-order valence-electron chi connectivity index (χ2n) is 4.28. The molecule has 1 heterocycles. The van der Waals surface area contributed by atoms with E-state index in [-0.39, 0.29) is 6.61 Å². The molecule has 0 fully saturated rings. The average Bonchev–Trinajstić information content (AvgIpc) is 2.39. The normalized spacial score (nSPS) is 10.5. The molecule has 0 amide bonds. The second-order valence-corrected chi connectivity index (χ2v) is 4.69. The first kappa shape index (κ1) is 16.0. The molecular weight excluding hydrogens is 262 g/mol. The Kier molecular flexibility index (Phi) is 7.48. The van der Waals surface area contributed by atoms with E-state index in [1.165, 1.54) is 0 Å². The summed E-state index contributed by atoms with van der Waals surface area (Å²) in [6, 6.07) is 1.92. The molecule has 0 spiro atoms. The first-order chi connectivity index (χ1) is 9.22. The van der Waals surface area contributed by atoms with Crippen LogP contribution in [0.3, 0.4) is 0 Å². The van der Waals surface area contributed by atoms with Gasteiger partial charge in [-0.25, -0.2) is 4.98 Å². The molecule has 106 valence electrons. The number of nitrogens with one attached hydrogen (secondary N) is 1. The van der Waals surface area contributed by atoms with Crippen LogP contribution in [0.4, 0.5) is 5.82 Å². The summed E-state index contributed by atoms with van der Waals surface area (Å²) >= 11 is 6.26. The SMILES string of the molecule is C=CCN(CCO)c1ncc(CNCCC)cc1Cl. The Bertz CT molecular complexity index is 398. The summed E-state index contributed by atoms with van der Waals surface area (Å²) in [5.74, 6) is 0.690. The number of anilines is 1. The fourth-order valence-corrected chi connectivity index (χ4v) is 2.08. The van der Waals surface area contributed by atoms with Crippen LogP contribution in [-0.4, -0.2) is 36.3 Å². The van der Waals surface area contributed by atoms with Crippen LogP contribution in [0.15, 0.2) is 24.9 Å². The van der Waals surface area contributed by atoms with Crippen LogP contribution in [0, 0.1) is 0 Å². The molecule has 0 saturated carbocycles. The summed E-state index contributed by atoms with van der Waals surface area (Å²) in [5.41, 5.74) is 1.06. The molecule has 1 aromatic heterocycles. The van der Waals surface area contributed by atoms with Crippen molar-refractivity contribution in [2.24, 2.45) is 0 Å². The fraction of sp³-hybridized carbons (Fsp3) is 0.500. The molecule has 1 aromatic rings. The van der Waals surface area contributed by atoms with Gasteiger partial charge in [0.1, 0.15) is 5.82 Å². The number of hydrogen-bond donors (Lipinski definition) is 2. The molecular formula is C14H22ClN3O. The van der Waals surface area contributed by atoms with Crippen molar-refractivity contribution in [1.82, 2.24) is 10.3 Å². The largest absolute Gasteiger partial charge is 0.395 e. The number of nitrogens with zero attached hydrogens (tertiary/aromatic N) is 2. The van der Waals surface area contributed by atoms with Crippen LogP contribution in [0.1, 0.15) is 18.9 Å². The molecule has 0 aliphatic carbocycles. The van der Waals surface area contributed by atoms with Crippen LogP contribution in [0.5, 0.6) is 0 Å². The lowest BCUT2D eigenvalue weighted by Gasteiger charge is -2.22. The maximum atomic E-state index is 9.06. The van der Waals surface area contributed by atoms with Gasteiger partial charge in [-0.2, -0.15) is 0 Å². The molecule has 0 aromatic carbocycles. The van der Waals surface area contributed by atoms with Crippen molar-refractivity contribution in [3.8, 4) is 0 Å². The van der Waals surface area contributed by atoms with E-state index in [4.69, 9.17) is 16.7 Å². The third kappa shape index (κ3) is 5.19. The van der Waals surface area contributed by atoms with Crippen LogP contribution >= 0.6 is 11.6 Å². The lowest BCUT2D eigenvalue weighted by molar-refractivity contribution is 0.302. The number of aliphatic hydroxyl groups is 1. The summed E-state index contributed by atoms with van der Waals surface area (Å²) < 4.78 is 0. The summed E-state index contributed by atoms with van der Waals surface area (Å²) in [7, 11) is 0. The predicted molar refractivity (Wildman–Crippen MR) is 80.7 cm³/mol. The quantitative estimate of drug-likeness (QED) is 0.539. The second kappa shape index (κ2) is 8.91. The number of rotatable bonds is 9. The van der Waals surface area contributed by atoms with Gasteiger partial charge in [0.15, 0.2) is 0 Å². The Labute approximate surface area is 120 Å². The third-order valence-corrected chi connectivity index (χ3v) is 2.93. The molecule has 0 saturated heterocycles. The topological polar surface area (TPSA) is 48.4 Å². The van der Waals surface area contributed by atoms with Gasteiger partial charge < -0.3 is 15.3 Å². The van der Waals surface area contributed by atoms with E-state index in [2.05, 4.69) is 23.8 Å². The van der Waals surface area contributed by atoms with E-state index in [1.807, 2.05) is 17.2 Å². The molecule has 5 heteroatoms. The van der Waals surface area contributed by atoms with Crippen LogP contribution in [-0.2, 0) is 6.54 Å². The highest BCUT2D eigenvalue weighted by atomic mass is 35.5. The first-order valence-corrected chi connectivity index (χ1v) is 6.92. The zero-order chi connectivity index (χ0) is 14.1. The van der Waals surface area contributed by atoms with Crippen molar-refractivity contribution in [2.45, 2.75) is 19.9 Å². The van der Waals surface area contributed by atoms with Crippen molar-refractivity contribution < 1.29 is 5.11 Å². The average molecular weight is 284 g/mol. The maximum absolute atomic E-state index is 9.06. The van der Waals surface area contributed by atoms with Crippen molar-refractivity contribution >= 4 is 17.4 Å². The van der Waals surface area contributed by atoms with Gasteiger partial charge in [-0.05, 0) is 24.6 Å². The van der Waals surface area contributed by atoms with Gasteiger partial charge in [0.2, 0.25) is 0 Å². The molecule has 0 aliphatic rings. The highest BCUT2D eigenvalue weighted by Gasteiger charge is 2.11. The minimum Gasteiger partial charge on any atom is -0.395 e. The monoisotopic (exact) mass is 283 g/mol. The molecule has 1 rings (SSSR count). The molecule has 0 unspecified atom stereocenters. The van der Waals surface area contributed by atoms with E-state index in [0.717, 1.165) is 25.1 Å². The smallest absolute Gasteiger partial charge is 0.147 e. The Morgan fingerprint density at radius 2 is 2.37 bits per heavy atom. The van der Waals surface area contributed by atoms with Crippen LogP contribution in [0.2, 0.25) is 5.02 Å². The number of aliphatic hydroxyl groups excluding tert-OH is 1. The highest BCUT2D eigenvalue weighted by molar-refractivity contribution is 6.33. The van der Waals surface area contributed by atoms with Gasteiger partial charge in [-0.3, -0.25) is 0 Å². The number of pyridine rings is 1. The lowest BCUT2D eigenvalue weighted by Crippen LogP contribution is -2.28. The minimum absolute atomic E-state index is 0.0612. The zero-order valence-corrected chi connectivity index (χ0v) is 12.2. The zero-order valence-electron chi connectivity index (χ0n) is 11.4. The van der Waals surface area contributed by atoms with E-state index < -0.39 is 0 Å². The van der Waals surface area contributed by atoms with Gasteiger partial charge in [0, 0.05) is 25.8 Å². The number of hydrogen-bond acceptors (Lipinski definition) is 4. The number of aromatic nitrogens is 1. The van der Waals surface area contributed by atoms with Gasteiger partial charge in [-0.1, -0.05) is 24.6 Å². The molecule has 0 bridgehead atoms. The van der Waals surface area contributed by atoms with E-state index >= 15 is 0 Å². The Balaban J connectivity index is 2.76. The van der Waals surface area contributed by atoms with Crippen LogP contribution in [0.25, 0.3) is 0 Å². The Morgan fingerprint density at radius 3 is 2.95 bits per heavy atom. The predicted octanol–water partition coefficient (Wildman–Crippen LogP) is 2.22. The Hall–Kier alpha value is -1.10. The molecule has 19 heavy (non-hydrogen) atoms. The summed E-state index contributed by atoms with van der Waals surface area (Å²) in [5, 5.41) is 13.0. The fourth-order valence-electron chi connectivity index (χ4n) is 1.77. The summed E-state index contributed by atoms with van der Waals surface area (Å²) in [4.78, 5) is 6.29. The Morgan fingerprint density at radius 1 is 1.58 bits per heavy atom. The molecule has 4 nitrogen and oxygen atoms in total. The summed E-state index contributed by atoms with van der Waals surface area (Å²) in [6.07, 6.45) is 4.69. The van der Waals surface area contributed by atoms with Crippen molar-refractivity contribution in [3.63, 3.8) is 0 Å². The van der Waals surface area contributed by atoms with E-state index in [9.17, 15) is 0 Å². The molecule has 0 aliphatic heterocycles. The molecule has 2 N–H and O–H groups in total. The molecule has 0 radical (unpaired) electrons. The van der Waals surface area contributed by atoms with Gasteiger partial charge >= 0.3 is 0 Å². The van der Waals surface area contributed by atoms with Crippen molar-refractivity contribution in [3.05, 3.63) is 35.5 Å². The summed E-state index contributed by atoms with van der Waals surface area (Å²) in [6.45, 7) is 8.74.